The molecule has 0 aliphatic heterocycles. The Morgan fingerprint density at radius 1 is 1.34 bits per heavy atom. The number of nitrogens with zero attached hydrogens (tertiary/aromatic N) is 4. The molecule has 7 nitrogen and oxygen atoms in total. The van der Waals surface area contributed by atoms with Crippen LogP contribution in [0.25, 0.3) is 11.4 Å². The number of hydrogen-bond donors (Lipinski definition) is 1. The fourth-order valence-corrected chi connectivity index (χ4v) is 3.99. The first-order valence-corrected chi connectivity index (χ1v) is 9.90. The van der Waals surface area contributed by atoms with E-state index in [0.29, 0.717) is 29.3 Å². The third kappa shape index (κ3) is 3.77. The van der Waals surface area contributed by atoms with E-state index in [9.17, 15) is 4.79 Å². The van der Waals surface area contributed by atoms with Gasteiger partial charge in [0.2, 0.25) is 0 Å². The number of amides is 1. The van der Waals surface area contributed by atoms with Gasteiger partial charge in [-0.25, -0.2) is 9.97 Å². The van der Waals surface area contributed by atoms with Crippen molar-refractivity contribution in [2.24, 2.45) is 5.41 Å². The molecule has 3 heterocycles. The molecule has 1 aliphatic carbocycles. The smallest absolute Gasteiger partial charge is 0.257 e. The quantitative estimate of drug-likeness (QED) is 0.726. The molecule has 7 heteroatoms. The predicted molar refractivity (Wildman–Crippen MR) is 108 cm³/mol. The number of nitrogens with one attached hydrogen (secondary N) is 1. The first-order chi connectivity index (χ1) is 13.9. The standard InChI is InChI=1S/C22H25N5O2/c1-5-18-19(13(2)27-29-18)21(28)26-17-10-22(3,4)9-16-15(17)12-24-20(25-16)14-7-6-8-23-11-14/h6-8,11-12,17H,5,9-10H2,1-4H3,(H,26,28)/t17-/m1/s1. The highest BCUT2D eigenvalue weighted by atomic mass is 16.5. The molecule has 1 aliphatic rings. The van der Waals surface area contributed by atoms with Gasteiger partial charge in [-0.1, -0.05) is 25.9 Å². The van der Waals surface area contributed by atoms with Gasteiger partial charge in [0.1, 0.15) is 11.3 Å². The molecule has 1 N–H and O–H groups in total. The lowest BCUT2D eigenvalue weighted by Gasteiger charge is -2.36. The Morgan fingerprint density at radius 2 is 2.17 bits per heavy atom. The number of rotatable bonds is 4. The first-order valence-electron chi connectivity index (χ1n) is 9.90. The Bertz CT molecular complexity index is 1040. The number of pyridine rings is 1. The van der Waals surface area contributed by atoms with Crippen molar-refractivity contribution in [3.05, 3.63) is 59.0 Å². The number of aromatic nitrogens is 4. The van der Waals surface area contributed by atoms with Crippen LogP contribution in [0.4, 0.5) is 0 Å². The van der Waals surface area contributed by atoms with Crippen LogP contribution in [0.15, 0.2) is 35.2 Å². The molecule has 4 rings (SSSR count). The molecule has 3 aromatic rings. The van der Waals surface area contributed by atoms with Crippen LogP contribution < -0.4 is 5.32 Å². The SMILES string of the molecule is CCc1onc(C)c1C(=O)N[C@@H]1CC(C)(C)Cc2nc(-c3cccnc3)ncc21. The second kappa shape index (κ2) is 7.39. The topological polar surface area (TPSA) is 93.8 Å². The minimum Gasteiger partial charge on any atom is -0.360 e. The highest BCUT2D eigenvalue weighted by Gasteiger charge is 2.35. The maximum Gasteiger partial charge on any atom is 0.257 e. The molecule has 0 spiro atoms. The summed E-state index contributed by atoms with van der Waals surface area (Å²) < 4.78 is 5.29. The van der Waals surface area contributed by atoms with Crippen LogP contribution in [0.1, 0.15) is 66.3 Å². The number of hydrogen-bond acceptors (Lipinski definition) is 6. The summed E-state index contributed by atoms with van der Waals surface area (Å²) in [6.07, 6.45) is 7.59. The molecule has 1 atom stereocenters. The maximum atomic E-state index is 13.0. The van der Waals surface area contributed by atoms with Gasteiger partial charge in [-0.2, -0.15) is 0 Å². The molecule has 0 saturated carbocycles. The first kappa shape index (κ1) is 19.2. The molecular weight excluding hydrogens is 366 g/mol. The van der Waals surface area contributed by atoms with Gasteiger partial charge >= 0.3 is 0 Å². The molecule has 150 valence electrons. The molecular formula is C22H25N5O2. The van der Waals surface area contributed by atoms with Crippen molar-refractivity contribution in [3.8, 4) is 11.4 Å². The Labute approximate surface area is 170 Å². The second-order valence-corrected chi connectivity index (χ2v) is 8.33. The normalized spacial score (nSPS) is 17.6. The molecule has 29 heavy (non-hydrogen) atoms. The fourth-order valence-electron chi connectivity index (χ4n) is 3.99. The van der Waals surface area contributed by atoms with E-state index in [1.54, 1.807) is 19.3 Å². The van der Waals surface area contributed by atoms with Crippen molar-refractivity contribution in [3.63, 3.8) is 0 Å². The van der Waals surface area contributed by atoms with Gasteiger partial charge in [0.15, 0.2) is 5.82 Å². The van der Waals surface area contributed by atoms with Crippen LogP contribution in [0, 0.1) is 12.3 Å². The summed E-state index contributed by atoms with van der Waals surface area (Å²) in [4.78, 5) is 26.5. The Balaban J connectivity index is 1.67. The summed E-state index contributed by atoms with van der Waals surface area (Å²) in [5.41, 5.74) is 3.97. The lowest BCUT2D eigenvalue weighted by molar-refractivity contribution is 0.0916. The molecule has 1 amide bonds. The molecule has 0 unspecified atom stereocenters. The van der Waals surface area contributed by atoms with Crippen molar-refractivity contribution in [2.45, 2.75) is 53.0 Å². The van der Waals surface area contributed by atoms with Gasteiger partial charge in [-0.05, 0) is 37.3 Å². The van der Waals surface area contributed by atoms with Crippen LogP contribution in [-0.4, -0.2) is 26.0 Å². The Kier molecular flexibility index (Phi) is 4.90. The van der Waals surface area contributed by atoms with E-state index < -0.39 is 0 Å². The number of aryl methyl sites for hydroxylation is 2. The van der Waals surface area contributed by atoms with Crippen molar-refractivity contribution in [1.82, 2.24) is 25.4 Å². The molecule has 0 radical (unpaired) electrons. The fraction of sp³-hybridized carbons (Fsp3) is 0.409. The van der Waals surface area contributed by atoms with E-state index >= 15 is 0 Å². The molecule has 0 aromatic carbocycles. The third-order valence-electron chi connectivity index (χ3n) is 5.38. The van der Waals surface area contributed by atoms with Gasteiger partial charge in [0.25, 0.3) is 5.91 Å². The summed E-state index contributed by atoms with van der Waals surface area (Å²) in [5, 5.41) is 7.13. The highest BCUT2D eigenvalue weighted by molar-refractivity contribution is 5.96. The summed E-state index contributed by atoms with van der Waals surface area (Å²) >= 11 is 0. The molecule has 0 bridgehead atoms. The zero-order chi connectivity index (χ0) is 20.6. The summed E-state index contributed by atoms with van der Waals surface area (Å²) in [6, 6.07) is 3.66. The van der Waals surface area contributed by atoms with Crippen LogP contribution in [0.3, 0.4) is 0 Å². The van der Waals surface area contributed by atoms with E-state index in [1.807, 2.05) is 25.3 Å². The van der Waals surface area contributed by atoms with Gasteiger partial charge in [0.05, 0.1) is 17.4 Å². The van der Waals surface area contributed by atoms with Crippen molar-refractivity contribution in [1.29, 1.82) is 0 Å². The van der Waals surface area contributed by atoms with Crippen molar-refractivity contribution >= 4 is 5.91 Å². The Morgan fingerprint density at radius 3 is 2.90 bits per heavy atom. The minimum absolute atomic E-state index is 0.00276. The largest absolute Gasteiger partial charge is 0.360 e. The third-order valence-corrected chi connectivity index (χ3v) is 5.38. The van der Waals surface area contributed by atoms with Gasteiger partial charge in [0, 0.05) is 36.1 Å². The van der Waals surface area contributed by atoms with Crippen LogP contribution >= 0.6 is 0 Å². The van der Waals surface area contributed by atoms with Crippen LogP contribution in [-0.2, 0) is 12.8 Å². The highest BCUT2D eigenvalue weighted by Crippen LogP contribution is 2.40. The Hall–Kier alpha value is -3.09. The lowest BCUT2D eigenvalue weighted by Crippen LogP contribution is -2.37. The second-order valence-electron chi connectivity index (χ2n) is 8.33. The number of carbonyl (C=O) groups excluding carboxylic acids is 1. The number of fused-ring (bicyclic) bond motifs is 1. The van der Waals surface area contributed by atoms with Gasteiger partial charge in [-0.15, -0.1) is 0 Å². The monoisotopic (exact) mass is 391 g/mol. The summed E-state index contributed by atoms with van der Waals surface area (Å²) in [6.45, 7) is 8.13. The van der Waals surface area contributed by atoms with E-state index in [4.69, 9.17) is 9.51 Å². The molecule has 0 fully saturated rings. The summed E-state index contributed by atoms with van der Waals surface area (Å²) in [7, 11) is 0. The van der Waals surface area contributed by atoms with Gasteiger partial charge < -0.3 is 9.84 Å². The zero-order valence-electron chi connectivity index (χ0n) is 17.2. The maximum absolute atomic E-state index is 13.0. The van der Waals surface area contributed by atoms with Gasteiger partial charge in [-0.3, -0.25) is 9.78 Å². The molecule has 3 aromatic heterocycles. The lowest BCUT2D eigenvalue weighted by atomic mass is 9.74. The van der Waals surface area contributed by atoms with E-state index in [2.05, 4.69) is 34.3 Å². The molecule has 0 saturated heterocycles. The van der Waals surface area contributed by atoms with E-state index in [0.717, 1.165) is 29.7 Å². The van der Waals surface area contributed by atoms with Crippen molar-refractivity contribution < 1.29 is 9.32 Å². The minimum atomic E-state index is -0.164. The van der Waals surface area contributed by atoms with Crippen LogP contribution in [0.5, 0.6) is 0 Å². The van der Waals surface area contributed by atoms with Crippen molar-refractivity contribution in [2.75, 3.05) is 0 Å². The van der Waals surface area contributed by atoms with Crippen LogP contribution in [0.2, 0.25) is 0 Å². The average Bonchev–Trinajstić information content (AvgIpc) is 3.08. The average molecular weight is 391 g/mol. The van der Waals surface area contributed by atoms with E-state index in [1.165, 1.54) is 0 Å². The van der Waals surface area contributed by atoms with E-state index in [-0.39, 0.29) is 17.4 Å². The summed E-state index contributed by atoms with van der Waals surface area (Å²) in [5.74, 6) is 1.10. The predicted octanol–water partition coefficient (Wildman–Crippen LogP) is 3.84. The zero-order valence-corrected chi connectivity index (χ0v) is 17.2. The number of carbonyl (C=O) groups is 1.